The van der Waals surface area contributed by atoms with Gasteiger partial charge in [-0.3, -0.25) is 9.59 Å². The molecule has 0 aliphatic heterocycles. The van der Waals surface area contributed by atoms with Gasteiger partial charge in [0, 0.05) is 13.0 Å². The second kappa shape index (κ2) is 21.7. The number of methoxy groups -OCH3 is 2. The Bertz CT molecular complexity index is 573. The van der Waals surface area contributed by atoms with Gasteiger partial charge in [0.2, 0.25) is 5.91 Å². The summed E-state index contributed by atoms with van der Waals surface area (Å²) in [7, 11) is 2.55. The summed E-state index contributed by atoms with van der Waals surface area (Å²) >= 11 is 0. The van der Waals surface area contributed by atoms with E-state index in [0.29, 0.717) is 13.0 Å². The van der Waals surface area contributed by atoms with Crippen LogP contribution in [0.4, 0.5) is 0 Å². The molecule has 0 N–H and O–H groups in total. The van der Waals surface area contributed by atoms with Crippen LogP contribution in [0.5, 0.6) is 0 Å². The number of unbranched alkanes of at least 4 members (excludes halogenated alkanes) is 11. The zero-order chi connectivity index (χ0) is 25.6. The number of carbonyl (C=O) groups excluding carboxylic acids is 3. The molecule has 1 atom stereocenters. The highest BCUT2D eigenvalue weighted by Crippen LogP contribution is 2.16. The predicted molar refractivity (Wildman–Crippen MR) is 138 cm³/mol. The molecule has 0 spiro atoms. The lowest BCUT2D eigenvalue weighted by Gasteiger charge is -2.31. The number of rotatable bonds is 21. The van der Waals surface area contributed by atoms with E-state index in [1.807, 2.05) is 13.8 Å². The van der Waals surface area contributed by atoms with Crippen molar-refractivity contribution in [2.45, 2.75) is 123 Å². The van der Waals surface area contributed by atoms with Crippen LogP contribution < -0.4 is 0 Å². The lowest BCUT2D eigenvalue weighted by molar-refractivity contribution is -0.158. The average Bonchev–Trinajstić information content (AvgIpc) is 2.82. The van der Waals surface area contributed by atoms with Crippen LogP contribution in [0, 0.1) is 5.92 Å². The van der Waals surface area contributed by atoms with Crippen molar-refractivity contribution < 1.29 is 23.9 Å². The van der Waals surface area contributed by atoms with Crippen LogP contribution in [0.3, 0.4) is 0 Å². The first kappa shape index (κ1) is 32.1. The van der Waals surface area contributed by atoms with Crippen LogP contribution in [0.2, 0.25) is 0 Å². The van der Waals surface area contributed by atoms with Gasteiger partial charge >= 0.3 is 11.9 Å². The van der Waals surface area contributed by atoms with Gasteiger partial charge in [-0.1, -0.05) is 84.3 Å². The van der Waals surface area contributed by atoms with Gasteiger partial charge in [0.15, 0.2) is 0 Å². The van der Waals surface area contributed by atoms with Crippen molar-refractivity contribution in [3.63, 3.8) is 0 Å². The van der Waals surface area contributed by atoms with Crippen molar-refractivity contribution in [1.82, 2.24) is 4.90 Å². The van der Waals surface area contributed by atoms with E-state index in [2.05, 4.69) is 19.1 Å². The summed E-state index contributed by atoms with van der Waals surface area (Å²) in [4.78, 5) is 38.5. The van der Waals surface area contributed by atoms with Gasteiger partial charge < -0.3 is 14.4 Å². The Morgan fingerprint density at radius 3 is 1.79 bits per heavy atom. The highest BCUT2D eigenvalue weighted by Gasteiger charge is 2.33. The Morgan fingerprint density at radius 1 is 0.765 bits per heavy atom. The smallest absolute Gasteiger partial charge is 0.329 e. The molecule has 0 aromatic rings. The first-order valence-corrected chi connectivity index (χ1v) is 13.5. The Kier molecular flexibility index (Phi) is 20.5. The zero-order valence-electron chi connectivity index (χ0n) is 22.6. The Balaban J connectivity index is 4.20. The van der Waals surface area contributed by atoms with Crippen LogP contribution in [0.1, 0.15) is 117 Å². The number of hydrogen-bond donors (Lipinski definition) is 0. The maximum Gasteiger partial charge on any atom is 0.329 e. The quantitative estimate of drug-likeness (QED) is 0.105. The second-order valence-corrected chi connectivity index (χ2v) is 9.59. The van der Waals surface area contributed by atoms with E-state index in [4.69, 9.17) is 9.47 Å². The lowest BCUT2D eigenvalue weighted by atomic mass is 10.1. The molecule has 0 saturated carbocycles. The summed E-state index contributed by atoms with van der Waals surface area (Å²) in [5.41, 5.74) is 0. The maximum absolute atomic E-state index is 12.9. The minimum atomic E-state index is -0.935. The van der Waals surface area contributed by atoms with Crippen LogP contribution in [-0.2, 0) is 23.9 Å². The SMILES string of the molecule is CCCCCCCC/C=C\CCCCCCCC(=O)N(CC(C)C)C(CC(=O)OC)C(=O)OC. The van der Waals surface area contributed by atoms with Gasteiger partial charge in [0.05, 0.1) is 20.6 Å². The standard InChI is InChI=1S/C28H51NO5/c1-6-7-8-9-10-11-12-13-14-15-16-17-18-19-20-21-26(30)29(23-24(2)3)25(28(32)34-5)22-27(31)33-4/h13-14,24-25H,6-12,15-23H2,1-5H3/b14-13-. The van der Waals surface area contributed by atoms with E-state index < -0.39 is 18.0 Å². The van der Waals surface area contributed by atoms with Crippen LogP contribution in [0.15, 0.2) is 12.2 Å². The molecule has 0 radical (unpaired) electrons. The number of esters is 2. The molecular weight excluding hydrogens is 430 g/mol. The number of amides is 1. The van der Waals surface area contributed by atoms with Crippen LogP contribution >= 0.6 is 0 Å². The van der Waals surface area contributed by atoms with E-state index in [1.54, 1.807) is 0 Å². The van der Waals surface area contributed by atoms with Gasteiger partial charge in [-0.05, 0) is 38.0 Å². The molecule has 0 aromatic heterocycles. The molecule has 34 heavy (non-hydrogen) atoms. The maximum atomic E-state index is 12.9. The molecule has 1 amide bonds. The number of ether oxygens (including phenoxy) is 2. The number of allylic oxidation sites excluding steroid dienone is 2. The van der Waals surface area contributed by atoms with Gasteiger partial charge in [-0.15, -0.1) is 0 Å². The zero-order valence-corrected chi connectivity index (χ0v) is 22.6. The Morgan fingerprint density at radius 2 is 1.29 bits per heavy atom. The van der Waals surface area contributed by atoms with Crippen LogP contribution in [0.25, 0.3) is 0 Å². The molecule has 0 aliphatic carbocycles. The normalized spacial score (nSPS) is 12.2. The molecule has 0 bridgehead atoms. The largest absolute Gasteiger partial charge is 0.469 e. The molecule has 0 fully saturated rings. The Labute approximate surface area is 208 Å². The van der Waals surface area contributed by atoms with Crippen molar-refractivity contribution in [2.24, 2.45) is 5.92 Å². The van der Waals surface area contributed by atoms with Crippen molar-refractivity contribution in [3.05, 3.63) is 12.2 Å². The van der Waals surface area contributed by atoms with Crippen molar-refractivity contribution in [3.8, 4) is 0 Å². The van der Waals surface area contributed by atoms with Gasteiger partial charge in [-0.2, -0.15) is 0 Å². The first-order chi connectivity index (χ1) is 16.4. The first-order valence-electron chi connectivity index (χ1n) is 13.5. The van der Waals surface area contributed by atoms with E-state index >= 15 is 0 Å². The van der Waals surface area contributed by atoms with Gasteiger partial charge in [0.1, 0.15) is 6.04 Å². The highest BCUT2D eigenvalue weighted by atomic mass is 16.5. The summed E-state index contributed by atoms with van der Waals surface area (Å²) in [6.07, 6.45) is 20.4. The predicted octanol–water partition coefficient (Wildman–Crippen LogP) is 6.61. The van der Waals surface area contributed by atoms with E-state index in [0.717, 1.165) is 25.7 Å². The van der Waals surface area contributed by atoms with E-state index in [-0.39, 0.29) is 18.2 Å². The Hall–Kier alpha value is -1.85. The molecule has 6 nitrogen and oxygen atoms in total. The second-order valence-electron chi connectivity index (χ2n) is 9.59. The van der Waals surface area contributed by atoms with Crippen molar-refractivity contribution in [1.29, 1.82) is 0 Å². The number of hydrogen-bond acceptors (Lipinski definition) is 5. The summed E-state index contributed by atoms with van der Waals surface area (Å²) in [5, 5.41) is 0. The molecule has 0 saturated heterocycles. The molecule has 6 heteroatoms. The third-order valence-electron chi connectivity index (χ3n) is 5.97. The fraction of sp³-hybridized carbons (Fsp3) is 0.821. The molecule has 0 aromatic carbocycles. The minimum absolute atomic E-state index is 0.106. The minimum Gasteiger partial charge on any atom is -0.469 e. The fourth-order valence-electron chi connectivity index (χ4n) is 3.98. The monoisotopic (exact) mass is 481 g/mol. The van der Waals surface area contributed by atoms with Crippen molar-refractivity contribution >= 4 is 17.8 Å². The van der Waals surface area contributed by atoms with Gasteiger partial charge in [-0.25, -0.2) is 4.79 Å². The van der Waals surface area contributed by atoms with Crippen molar-refractivity contribution in [2.75, 3.05) is 20.8 Å². The van der Waals surface area contributed by atoms with E-state index in [1.165, 1.54) is 76.9 Å². The number of carbonyl (C=O) groups is 3. The van der Waals surface area contributed by atoms with Gasteiger partial charge in [0.25, 0.3) is 0 Å². The summed E-state index contributed by atoms with van der Waals surface area (Å²) < 4.78 is 9.57. The average molecular weight is 482 g/mol. The van der Waals surface area contributed by atoms with E-state index in [9.17, 15) is 14.4 Å². The molecule has 198 valence electrons. The fourth-order valence-corrected chi connectivity index (χ4v) is 3.98. The molecule has 1 unspecified atom stereocenters. The summed E-state index contributed by atoms with van der Waals surface area (Å²) in [6, 6.07) is -0.935. The highest BCUT2D eigenvalue weighted by molar-refractivity contribution is 5.88. The third kappa shape index (κ3) is 16.7. The summed E-state index contributed by atoms with van der Waals surface area (Å²) in [6.45, 7) is 6.62. The number of nitrogens with zero attached hydrogens (tertiary/aromatic N) is 1. The topological polar surface area (TPSA) is 72.9 Å². The molecule has 0 heterocycles. The summed E-state index contributed by atoms with van der Waals surface area (Å²) in [5.74, 6) is -1.05. The molecule has 0 rings (SSSR count). The molecular formula is C28H51NO5. The molecule has 0 aliphatic rings. The van der Waals surface area contributed by atoms with Crippen LogP contribution in [-0.4, -0.2) is 49.6 Å². The lowest BCUT2D eigenvalue weighted by Crippen LogP contribution is -2.48. The third-order valence-corrected chi connectivity index (χ3v) is 5.97.